The van der Waals surface area contributed by atoms with Crippen molar-refractivity contribution >= 4 is 21.7 Å². The Bertz CT molecular complexity index is 873. The lowest BCUT2D eigenvalue weighted by Crippen LogP contribution is -2.01. The molecule has 0 radical (unpaired) electrons. The summed E-state index contributed by atoms with van der Waals surface area (Å²) < 4.78 is 2.96. The highest BCUT2D eigenvalue weighted by Crippen LogP contribution is 2.31. The Hall–Kier alpha value is -2.58. The molecule has 3 rings (SSSR count). The van der Waals surface area contributed by atoms with Gasteiger partial charge in [0.15, 0.2) is 0 Å². The Kier molecular flexibility index (Phi) is 3.70. The van der Waals surface area contributed by atoms with Gasteiger partial charge in [-0.25, -0.2) is 4.98 Å². The lowest BCUT2D eigenvalue weighted by atomic mass is 10.0. The number of nitrogen functional groups attached to an aromatic ring is 1. The third kappa shape index (κ3) is 2.49. The number of anilines is 1. The highest BCUT2D eigenvalue weighted by atomic mass is 79.9. The highest BCUT2D eigenvalue weighted by Gasteiger charge is 2.15. The molecule has 22 heavy (non-hydrogen) atoms. The third-order valence-corrected chi connectivity index (χ3v) is 4.05. The van der Waals surface area contributed by atoms with Gasteiger partial charge < -0.3 is 10.3 Å². The van der Waals surface area contributed by atoms with Crippen molar-refractivity contribution in [3.8, 4) is 28.6 Å². The largest absolute Gasteiger partial charge is 0.383 e. The van der Waals surface area contributed by atoms with Gasteiger partial charge in [0.1, 0.15) is 17.5 Å². The number of aryl methyl sites for hydroxylation is 1. The Labute approximate surface area is 137 Å². The summed E-state index contributed by atoms with van der Waals surface area (Å²) in [7, 11) is 1.94. The van der Waals surface area contributed by atoms with Crippen LogP contribution in [0.25, 0.3) is 22.5 Å². The molecule has 0 fully saturated rings. The van der Waals surface area contributed by atoms with Crippen LogP contribution in [-0.4, -0.2) is 9.55 Å². The maximum atomic E-state index is 9.40. The Balaban J connectivity index is 2.23. The minimum atomic E-state index is 0.249. The number of halogens is 1. The summed E-state index contributed by atoms with van der Waals surface area (Å²) in [4.78, 5) is 4.37. The quantitative estimate of drug-likeness (QED) is 0.758. The van der Waals surface area contributed by atoms with Crippen LogP contribution >= 0.6 is 15.9 Å². The summed E-state index contributed by atoms with van der Waals surface area (Å²) in [5.74, 6) is 0.249. The number of aromatic nitrogens is 2. The third-order valence-electron chi connectivity index (χ3n) is 3.52. The van der Waals surface area contributed by atoms with E-state index in [9.17, 15) is 5.26 Å². The van der Waals surface area contributed by atoms with Gasteiger partial charge in [-0.05, 0) is 30.3 Å². The Morgan fingerprint density at radius 1 is 1.23 bits per heavy atom. The van der Waals surface area contributed by atoms with Crippen LogP contribution in [0.4, 0.5) is 5.82 Å². The molecule has 108 valence electrons. The summed E-state index contributed by atoms with van der Waals surface area (Å²) in [6, 6.07) is 15.8. The SMILES string of the molecule is Cn1cccc1-c1cc(-c2ccc(Br)cc2)nc(N)c1C#N. The van der Waals surface area contributed by atoms with Crippen molar-refractivity contribution in [1.29, 1.82) is 5.26 Å². The van der Waals surface area contributed by atoms with E-state index >= 15 is 0 Å². The molecule has 3 aromatic rings. The van der Waals surface area contributed by atoms with Crippen LogP contribution in [0, 0.1) is 11.3 Å². The zero-order valence-electron chi connectivity index (χ0n) is 11.9. The molecule has 0 atom stereocenters. The second-order valence-electron chi connectivity index (χ2n) is 4.94. The lowest BCUT2D eigenvalue weighted by Gasteiger charge is -2.11. The topological polar surface area (TPSA) is 67.6 Å². The highest BCUT2D eigenvalue weighted by molar-refractivity contribution is 9.10. The minimum Gasteiger partial charge on any atom is -0.383 e. The molecule has 0 spiro atoms. The van der Waals surface area contributed by atoms with Crippen molar-refractivity contribution in [2.24, 2.45) is 7.05 Å². The van der Waals surface area contributed by atoms with E-state index < -0.39 is 0 Å². The van der Waals surface area contributed by atoms with Gasteiger partial charge in [0.2, 0.25) is 0 Å². The van der Waals surface area contributed by atoms with E-state index in [1.807, 2.05) is 60.3 Å². The fraction of sp³-hybridized carbons (Fsp3) is 0.0588. The van der Waals surface area contributed by atoms with Gasteiger partial charge in [-0.3, -0.25) is 0 Å². The van der Waals surface area contributed by atoms with Crippen LogP contribution in [0.5, 0.6) is 0 Å². The van der Waals surface area contributed by atoms with Crippen molar-refractivity contribution in [3.05, 3.63) is 58.7 Å². The first-order valence-electron chi connectivity index (χ1n) is 6.68. The fourth-order valence-corrected chi connectivity index (χ4v) is 2.66. The van der Waals surface area contributed by atoms with E-state index in [-0.39, 0.29) is 5.82 Å². The van der Waals surface area contributed by atoms with Crippen LogP contribution in [0.15, 0.2) is 53.1 Å². The Morgan fingerprint density at radius 2 is 1.95 bits per heavy atom. The molecule has 2 aromatic heterocycles. The Morgan fingerprint density at radius 3 is 2.55 bits per heavy atom. The maximum Gasteiger partial charge on any atom is 0.142 e. The molecule has 4 nitrogen and oxygen atoms in total. The first kappa shape index (κ1) is 14.4. The van der Waals surface area contributed by atoms with Crippen molar-refractivity contribution in [2.45, 2.75) is 0 Å². The molecular weight excluding hydrogens is 340 g/mol. The lowest BCUT2D eigenvalue weighted by molar-refractivity contribution is 0.936. The molecule has 2 heterocycles. The smallest absolute Gasteiger partial charge is 0.142 e. The zero-order valence-corrected chi connectivity index (χ0v) is 13.5. The maximum absolute atomic E-state index is 9.40. The molecule has 0 aliphatic heterocycles. The van der Waals surface area contributed by atoms with E-state index in [0.29, 0.717) is 5.56 Å². The van der Waals surface area contributed by atoms with E-state index in [1.165, 1.54) is 0 Å². The molecule has 0 aliphatic carbocycles. The average molecular weight is 353 g/mol. The molecule has 2 N–H and O–H groups in total. The van der Waals surface area contributed by atoms with Gasteiger partial charge in [0.25, 0.3) is 0 Å². The first-order valence-corrected chi connectivity index (χ1v) is 7.47. The number of nitriles is 1. The minimum absolute atomic E-state index is 0.249. The second kappa shape index (κ2) is 5.66. The normalized spacial score (nSPS) is 10.4. The van der Waals surface area contributed by atoms with Crippen LogP contribution in [0.3, 0.4) is 0 Å². The second-order valence-corrected chi connectivity index (χ2v) is 5.85. The molecular formula is C17H13BrN4. The molecule has 0 amide bonds. The van der Waals surface area contributed by atoms with Crippen molar-refractivity contribution in [1.82, 2.24) is 9.55 Å². The molecule has 0 unspecified atom stereocenters. The number of rotatable bonds is 2. The number of hydrogen-bond acceptors (Lipinski definition) is 3. The van der Waals surface area contributed by atoms with E-state index in [0.717, 1.165) is 27.0 Å². The summed E-state index contributed by atoms with van der Waals surface area (Å²) in [6.45, 7) is 0. The van der Waals surface area contributed by atoms with Gasteiger partial charge in [0.05, 0.1) is 5.69 Å². The summed E-state index contributed by atoms with van der Waals surface area (Å²) in [5.41, 5.74) is 9.84. The van der Waals surface area contributed by atoms with Crippen LogP contribution in [-0.2, 0) is 7.05 Å². The number of nitrogens with zero attached hydrogens (tertiary/aromatic N) is 3. The van der Waals surface area contributed by atoms with E-state index in [4.69, 9.17) is 5.73 Å². The monoisotopic (exact) mass is 352 g/mol. The van der Waals surface area contributed by atoms with Crippen molar-refractivity contribution in [3.63, 3.8) is 0 Å². The number of benzene rings is 1. The van der Waals surface area contributed by atoms with Gasteiger partial charge in [0, 0.05) is 34.5 Å². The summed E-state index contributed by atoms with van der Waals surface area (Å²) >= 11 is 3.42. The standard InChI is InChI=1S/C17H13BrN4/c1-22-8-2-3-16(22)13-9-15(21-17(20)14(13)10-19)11-4-6-12(18)7-5-11/h2-9H,1H3,(H2,20,21). The van der Waals surface area contributed by atoms with Crippen LogP contribution < -0.4 is 5.73 Å². The fourth-order valence-electron chi connectivity index (χ4n) is 2.39. The van der Waals surface area contributed by atoms with Crippen molar-refractivity contribution in [2.75, 3.05) is 5.73 Å². The van der Waals surface area contributed by atoms with Gasteiger partial charge in [-0.1, -0.05) is 28.1 Å². The number of nitrogens with two attached hydrogens (primary N) is 1. The average Bonchev–Trinajstić information content (AvgIpc) is 2.93. The summed E-state index contributed by atoms with van der Waals surface area (Å²) in [5, 5.41) is 9.40. The molecule has 0 aliphatic rings. The molecule has 0 saturated carbocycles. The van der Waals surface area contributed by atoms with Crippen molar-refractivity contribution < 1.29 is 0 Å². The van der Waals surface area contributed by atoms with Gasteiger partial charge in [-0.2, -0.15) is 5.26 Å². The van der Waals surface area contributed by atoms with Crippen LogP contribution in [0.2, 0.25) is 0 Å². The number of hydrogen-bond donors (Lipinski definition) is 1. The van der Waals surface area contributed by atoms with Gasteiger partial charge in [-0.15, -0.1) is 0 Å². The molecule has 5 heteroatoms. The predicted molar refractivity (Wildman–Crippen MR) is 90.9 cm³/mol. The van der Waals surface area contributed by atoms with Crippen LogP contribution in [0.1, 0.15) is 5.56 Å². The molecule has 1 aromatic carbocycles. The first-order chi connectivity index (χ1) is 10.6. The zero-order chi connectivity index (χ0) is 15.7. The van der Waals surface area contributed by atoms with Gasteiger partial charge >= 0.3 is 0 Å². The molecule has 0 saturated heterocycles. The summed E-state index contributed by atoms with van der Waals surface area (Å²) in [6.07, 6.45) is 1.94. The van der Waals surface area contributed by atoms with E-state index in [2.05, 4.69) is 27.0 Å². The number of pyridine rings is 1. The van der Waals surface area contributed by atoms with E-state index in [1.54, 1.807) is 0 Å². The predicted octanol–water partition coefficient (Wildman–Crippen LogP) is 3.97. The molecule has 0 bridgehead atoms.